The summed E-state index contributed by atoms with van der Waals surface area (Å²) in [7, 11) is 0. The van der Waals surface area contributed by atoms with Crippen LogP contribution >= 0.6 is 0 Å². The van der Waals surface area contributed by atoms with Crippen LogP contribution in [0.4, 0.5) is 0 Å². The second-order valence-electron chi connectivity index (χ2n) is 10.2. The van der Waals surface area contributed by atoms with Crippen molar-refractivity contribution in [2.24, 2.45) is 34.0 Å². The van der Waals surface area contributed by atoms with E-state index >= 15 is 0 Å². The van der Waals surface area contributed by atoms with Crippen molar-refractivity contribution in [1.29, 1.82) is 0 Å². The van der Waals surface area contributed by atoms with Gasteiger partial charge >= 0.3 is 0 Å². The molecule has 0 aromatic heterocycles. The summed E-state index contributed by atoms with van der Waals surface area (Å²) in [5, 5.41) is 56.5. The van der Waals surface area contributed by atoms with E-state index in [1.807, 2.05) is 0 Å². The molecule has 4 saturated carbocycles. The van der Waals surface area contributed by atoms with E-state index in [9.17, 15) is 25.5 Å². The van der Waals surface area contributed by atoms with Crippen molar-refractivity contribution >= 4 is 0 Å². The smallest absolute Gasteiger partial charge is 0.203 e. The highest BCUT2D eigenvalue weighted by Gasteiger charge is 2.86. The molecule has 6 rings (SSSR count). The summed E-state index contributed by atoms with van der Waals surface area (Å²) in [6.07, 6.45) is -1.41. The molecule has 4 aliphatic carbocycles. The number of fused-ring (bicyclic) bond motifs is 2. The van der Waals surface area contributed by atoms with Crippen LogP contribution in [0.3, 0.4) is 0 Å². The van der Waals surface area contributed by atoms with Gasteiger partial charge in [0.1, 0.15) is 6.10 Å². The molecule has 2 spiro atoms. The lowest BCUT2D eigenvalue weighted by molar-refractivity contribution is -0.475. The monoisotopic (exact) mass is 366 g/mol. The van der Waals surface area contributed by atoms with Crippen LogP contribution in [0.15, 0.2) is 12.2 Å². The Bertz CT molecular complexity index is 677. The highest BCUT2D eigenvalue weighted by Crippen LogP contribution is 2.77. The van der Waals surface area contributed by atoms with Crippen LogP contribution in [0.25, 0.3) is 0 Å². The molecule has 6 aliphatic rings. The Labute approximate surface area is 153 Å². The molecule has 2 heterocycles. The lowest BCUT2D eigenvalue weighted by atomic mass is 9.35. The number of hydrogen-bond acceptors (Lipinski definition) is 6. The molecule has 0 aromatic carbocycles. The van der Waals surface area contributed by atoms with E-state index in [-0.39, 0.29) is 17.9 Å². The lowest BCUT2D eigenvalue weighted by Crippen LogP contribution is -2.85. The fraction of sp³-hybridized carbons (Fsp3) is 0.900. The van der Waals surface area contributed by atoms with E-state index in [4.69, 9.17) is 4.74 Å². The lowest BCUT2D eigenvalue weighted by Gasteiger charge is -2.75. The molecule has 6 heteroatoms. The summed E-state index contributed by atoms with van der Waals surface area (Å²) in [4.78, 5) is 0. The van der Waals surface area contributed by atoms with Crippen LogP contribution in [0.2, 0.25) is 0 Å². The normalized spacial score (nSPS) is 62.7. The minimum atomic E-state index is -2.10. The predicted octanol–water partition coefficient (Wildman–Crippen LogP) is 0.167. The van der Waals surface area contributed by atoms with Crippen LogP contribution < -0.4 is 0 Å². The topological polar surface area (TPSA) is 110 Å². The summed E-state index contributed by atoms with van der Waals surface area (Å²) in [6.45, 7) is 8.37. The van der Waals surface area contributed by atoms with Gasteiger partial charge in [-0.2, -0.15) is 0 Å². The Kier molecular flexibility index (Phi) is 3.20. The first kappa shape index (κ1) is 17.6. The Morgan fingerprint density at radius 3 is 2.42 bits per heavy atom. The average Bonchev–Trinajstić information content (AvgIpc) is 2.67. The molecule has 4 bridgehead atoms. The highest BCUT2D eigenvalue weighted by atomic mass is 16.6. The van der Waals surface area contributed by atoms with Crippen molar-refractivity contribution in [3.8, 4) is 0 Å². The zero-order valence-electron chi connectivity index (χ0n) is 15.4. The third kappa shape index (κ3) is 1.49. The van der Waals surface area contributed by atoms with E-state index in [0.29, 0.717) is 12.0 Å². The first-order chi connectivity index (χ1) is 12.1. The van der Waals surface area contributed by atoms with Crippen molar-refractivity contribution in [1.82, 2.24) is 0 Å². The van der Waals surface area contributed by atoms with E-state index in [0.717, 1.165) is 19.3 Å². The minimum Gasteiger partial charge on any atom is -0.393 e. The number of aliphatic hydroxyl groups is 5. The Hall–Kier alpha value is -0.500. The van der Waals surface area contributed by atoms with Crippen LogP contribution in [0.5, 0.6) is 0 Å². The third-order valence-corrected chi connectivity index (χ3v) is 8.99. The molecule has 0 amide bonds. The minimum absolute atomic E-state index is 0.231. The molecule has 6 nitrogen and oxygen atoms in total. The average molecular weight is 366 g/mol. The molecule has 0 radical (unpaired) electrons. The zero-order chi connectivity index (χ0) is 18.9. The fourth-order valence-electron chi connectivity index (χ4n) is 8.29. The molecule has 146 valence electrons. The van der Waals surface area contributed by atoms with Crippen molar-refractivity contribution in [3.05, 3.63) is 12.2 Å². The molecule has 26 heavy (non-hydrogen) atoms. The van der Waals surface area contributed by atoms with E-state index in [1.54, 1.807) is 0 Å². The maximum absolute atomic E-state index is 11.7. The molecule has 2 saturated heterocycles. The molecule has 0 aromatic rings. The summed E-state index contributed by atoms with van der Waals surface area (Å²) in [6, 6.07) is 0. The van der Waals surface area contributed by atoms with Gasteiger partial charge in [0.25, 0.3) is 0 Å². The maximum Gasteiger partial charge on any atom is 0.203 e. The number of ether oxygens (including phenoxy) is 1. The van der Waals surface area contributed by atoms with Crippen molar-refractivity contribution in [2.75, 3.05) is 6.61 Å². The number of hydrogen-bond donors (Lipinski definition) is 5. The van der Waals surface area contributed by atoms with Gasteiger partial charge < -0.3 is 30.3 Å². The molecule has 6 fully saturated rings. The van der Waals surface area contributed by atoms with Gasteiger partial charge in [-0.1, -0.05) is 26.8 Å². The Morgan fingerprint density at radius 1 is 1.04 bits per heavy atom. The van der Waals surface area contributed by atoms with Crippen LogP contribution in [-0.2, 0) is 4.74 Å². The van der Waals surface area contributed by atoms with Gasteiger partial charge in [0.15, 0.2) is 0 Å². The van der Waals surface area contributed by atoms with Gasteiger partial charge in [0.2, 0.25) is 5.79 Å². The quantitative estimate of drug-likeness (QED) is 0.391. The van der Waals surface area contributed by atoms with Gasteiger partial charge in [-0.05, 0) is 30.3 Å². The molecule has 10 atom stereocenters. The van der Waals surface area contributed by atoms with E-state index in [2.05, 4.69) is 20.4 Å². The second kappa shape index (κ2) is 4.73. The highest BCUT2D eigenvalue weighted by molar-refractivity contribution is 5.38. The van der Waals surface area contributed by atoms with Gasteiger partial charge in [0, 0.05) is 23.2 Å². The van der Waals surface area contributed by atoms with Crippen molar-refractivity contribution in [3.63, 3.8) is 0 Å². The standard InChI is InChI=1S/C20H30O6/c1-9-10-7-11(21)12-18-6-4-5-17(2,3)13(18)16(24)20(25,26-8-18)19(12,14(9)22)15(10)23/h10-16,21-25H,1,4-8H2,2-3H3/t10-,11-,12-,13+,14+,15+,16-,18+,19-,20+/m0/s1. The summed E-state index contributed by atoms with van der Waals surface area (Å²) >= 11 is 0. The fourth-order valence-corrected chi connectivity index (χ4v) is 8.29. The van der Waals surface area contributed by atoms with Crippen LogP contribution in [0, 0.1) is 34.0 Å². The van der Waals surface area contributed by atoms with E-state index < -0.39 is 52.9 Å². The van der Waals surface area contributed by atoms with Crippen molar-refractivity contribution in [2.45, 2.75) is 69.7 Å². The van der Waals surface area contributed by atoms with Gasteiger partial charge in [0.05, 0.1) is 30.3 Å². The third-order valence-electron chi connectivity index (χ3n) is 8.99. The molecular formula is C20H30O6. The van der Waals surface area contributed by atoms with Gasteiger partial charge in [-0.15, -0.1) is 0 Å². The molecule has 2 aliphatic heterocycles. The molecular weight excluding hydrogens is 336 g/mol. The van der Waals surface area contributed by atoms with Gasteiger partial charge in [-0.3, -0.25) is 0 Å². The SMILES string of the molecule is C=C1[C@@H](O)[C@]23[C@H](O)[C@H]1C[C@H](O)[C@H]2[C@]12CCCC(C)(C)[C@H]1[C@H](O)[C@@]3(O)OC2. The Balaban J connectivity index is 1.80. The maximum atomic E-state index is 11.7. The molecule has 5 N–H and O–H groups in total. The van der Waals surface area contributed by atoms with Crippen LogP contribution in [-0.4, -0.2) is 62.3 Å². The van der Waals surface area contributed by atoms with Crippen molar-refractivity contribution < 1.29 is 30.3 Å². The number of aliphatic hydroxyl groups excluding tert-OH is 4. The van der Waals surface area contributed by atoms with Crippen LogP contribution in [0.1, 0.15) is 39.5 Å². The summed E-state index contributed by atoms with van der Waals surface area (Å²) < 4.78 is 5.89. The second-order valence-corrected chi connectivity index (χ2v) is 10.2. The largest absolute Gasteiger partial charge is 0.393 e. The van der Waals surface area contributed by atoms with E-state index in [1.165, 1.54) is 0 Å². The number of rotatable bonds is 0. The van der Waals surface area contributed by atoms with Gasteiger partial charge in [-0.25, -0.2) is 0 Å². The first-order valence-electron chi connectivity index (χ1n) is 9.83. The molecule has 0 unspecified atom stereocenters. The predicted molar refractivity (Wildman–Crippen MR) is 91.7 cm³/mol. The first-order valence-corrected chi connectivity index (χ1v) is 9.83. The summed E-state index contributed by atoms with van der Waals surface area (Å²) in [5.74, 6) is -3.40. The Morgan fingerprint density at radius 2 is 1.73 bits per heavy atom. The summed E-state index contributed by atoms with van der Waals surface area (Å²) in [5.41, 5.74) is -1.92. The zero-order valence-corrected chi connectivity index (χ0v) is 15.4.